The second kappa shape index (κ2) is 9.32. The van der Waals surface area contributed by atoms with Crippen molar-refractivity contribution in [2.45, 2.75) is 44.5 Å². The summed E-state index contributed by atoms with van der Waals surface area (Å²) in [5.41, 5.74) is 1.42. The molecule has 0 unspecified atom stereocenters. The van der Waals surface area contributed by atoms with Gasteiger partial charge in [-0.2, -0.15) is 13.2 Å². The second-order valence-corrected chi connectivity index (χ2v) is 8.95. The molecule has 4 nitrogen and oxygen atoms in total. The van der Waals surface area contributed by atoms with E-state index in [2.05, 4.69) is 5.16 Å². The van der Waals surface area contributed by atoms with Gasteiger partial charge >= 0.3 is 6.18 Å². The van der Waals surface area contributed by atoms with E-state index in [0.717, 1.165) is 37.0 Å². The summed E-state index contributed by atoms with van der Waals surface area (Å²) in [5, 5.41) is 5.01. The molecule has 1 atom stereocenters. The predicted molar refractivity (Wildman–Crippen MR) is 117 cm³/mol. The molecule has 4 rings (SSSR count). The lowest BCUT2D eigenvalue weighted by Gasteiger charge is -2.32. The lowest BCUT2D eigenvalue weighted by Crippen LogP contribution is -2.42. The number of nitrogens with zero attached hydrogens (tertiary/aromatic N) is 2. The maximum Gasteiger partial charge on any atom is 0.416 e. The molecule has 2 aromatic rings. The third-order valence-corrected chi connectivity index (χ3v) is 6.57. The van der Waals surface area contributed by atoms with E-state index in [9.17, 15) is 18.0 Å². The van der Waals surface area contributed by atoms with Gasteiger partial charge in [0.15, 0.2) is 6.10 Å². The van der Waals surface area contributed by atoms with Crippen molar-refractivity contribution in [3.05, 3.63) is 69.2 Å². The van der Waals surface area contributed by atoms with E-state index in [-0.39, 0.29) is 24.5 Å². The smallest absolute Gasteiger partial charge is 0.390 e. The van der Waals surface area contributed by atoms with Gasteiger partial charge in [0.05, 0.1) is 27.9 Å². The fourth-order valence-corrected chi connectivity index (χ4v) is 4.08. The van der Waals surface area contributed by atoms with Gasteiger partial charge in [-0.15, -0.1) is 0 Å². The minimum Gasteiger partial charge on any atom is -0.390 e. The Morgan fingerprint density at radius 1 is 1.09 bits per heavy atom. The first-order chi connectivity index (χ1) is 15.2. The Labute approximate surface area is 193 Å². The number of halogens is 5. The lowest BCUT2D eigenvalue weighted by atomic mass is 9.84. The van der Waals surface area contributed by atoms with Crippen molar-refractivity contribution in [1.82, 2.24) is 4.90 Å². The molecule has 0 bridgehead atoms. The van der Waals surface area contributed by atoms with E-state index in [1.165, 1.54) is 12.1 Å². The Morgan fingerprint density at radius 3 is 2.41 bits per heavy atom. The van der Waals surface area contributed by atoms with Crippen LogP contribution in [0.4, 0.5) is 13.2 Å². The maximum atomic E-state index is 13.0. The molecule has 0 N–H and O–H groups in total. The van der Waals surface area contributed by atoms with Crippen LogP contribution in [0.15, 0.2) is 47.6 Å². The van der Waals surface area contributed by atoms with E-state index in [1.807, 2.05) is 0 Å². The fraction of sp³-hybridized carbons (Fsp3) is 0.391. The highest BCUT2D eigenvalue weighted by Gasteiger charge is 2.34. The zero-order valence-electron chi connectivity index (χ0n) is 17.0. The van der Waals surface area contributed by atoms with Gasteiger partial charge < -0.3 is 9.74 Å². The Kier molecular flexibility index (Phi) is 6.67. The SMILES string of the molecule is O=C(C1CCC1)N(Cc1ccc(C(F)(F)F)cc1)C[C@H]1CC(c2ccc(Cl)c(Cl)c2)=NO1. The number of hydrogen-bond donors (Lipinski definition) is 0. The van der Waals surface area contributed by atoms with Crippen molar-refractivity contribution in [2.75, 3.05) is 6.54 Å². The van der Waals surface area contributed by atoms with Gasteiger partial charge in [0.25, 0.3) is 0 Å². The topological polar surface area (TPSA) is 41.9 Å². The van der Waals surface area contributed by atoms with Crippen molar-refractivity contribution in [3.63, 3.8) is 0 Å². The largest absolute Gasteiger partial charge is 0.416 e. The van der Waals surface area contributed by atoms with Gasteiger partial charge in [0.1, 0.15) is 0 Å². The summed E-state index contributed by atoms with van der Waals surface area (Å²) < 4.78 is 38.6. The van der Waals surface area contributed by atoms with Crippen LogP contribution in [0.5, 0.6) is 0 Å². The van der Waals surface area contributed by atoms with Crippen LogP contribution in [-0.2, 0) is 22.4 Å². The first kappa shape index (κ1) is 22.9. The van der Waals surface area contributed by atoms with Gasteiger partial charge in [-0.05, 0) is 42.7 Å². The van der Waals surface area contributed by atoms with Crippen LogP contribution in [0.3, 0.4) is 0 Å². The molecule has 0 radical (unpaired) electrons. The summed E-state index contributed by atoms with van der Waals surface area (Å²) in [6.45, 7) is 0.514. The van der Waals surface area contributed by atoms with Crippen LogP contribution in [0.1, 0.15) is 42.4 Å². The number of carbonyl (C=O) groups excluding carboxylic acids is 1. The highest BCUT2D eigenvalue weighted by atomic mass is 35.5. The molecular formula is C23H21Cl2F3N2O2. The molecular weight excluding hydrogens is 464 g/mol. The maximum absolute atomic E-state index is 13.0. The predicted octanol–water partition coefficient (Wildman–Crippen LogP) is 6.33. The zero-order chi connectivity index (χ0) is 22.9. The van der Waals surface area contributed by atoms with Gasteiger partial charge in [0.2, 0.25) is 5.91 Å². The van der Waals surface area contributed by atoms with Gasteiger partial charge in [-0.25, -0.2) is 0 Å². The minimum atomic E-state index is -4.39. The molecule has 1 aliphatic carbocycles. The number of amides is 1. The molecule has 9 heteroatoms. The molecule has 1 fully saturated rings. The van der Waals surface area contributed by atoms with Crippen molar-refractivity contribution in [3.8, 4) is 0 Å². The first-order valence-corrected chi connectivity index (χ1v) is 11.1. The Bertz CT molecular complexity index is 1020. The summed E-state index contributed by atoms with van der Waals surface area (Å²) >= 11 is 12.1. The van der Waals surface area contributed by atoms with Crippen molar-refractivity contribution in [2.24, 2.45) is 11.1 Å². The van der Waals surface area contributed by atoms with Gasteiger partial charge in [-0.1, -0.05) is 53.0 Å². The number of hydrogen-bond acceptors (Lipinski definition) is 3. The standard InChI is InChI=1S/C23H21Cl2F3N2O2/c24-19-9-6-16(10-20(19)25)21-11-18(32-29-21)13-30(22(31)15-2-1-3-15)12-14-4-7-17(8-5-14)23(26,27)28/h4-10,15,18H,1-3,11-13H2/t18-/m1/s1. The van der Waals surface area contributed by atoms with Gasteiger partial charge in [-0.3, -0.25) is 4.79 Å². The van der Waals surface area contributed by atoms with Crippen LogP contribution in [0, 0.1) is 5.92 Å². The van der Waals surface area contributed by atoms with Crippen LogP contribution in [0.2, 0.25) is 10.0 Å². The highest BCUT2D eigenvalue weighted by Crippen LogP contribution is 2.32. The van der Waals surface area contributed by atoms with Crippen LogP contribution in [0.25, 0.3) is 0 Å². The number of alkyl halides is 3. The van der Waals surface area contributed by atoms with Crippen LogP contribution < -0.4 is 0 Å². The monoisotopic (exact) mass is 484 g/mol. The third-order valence-electron chi connectivity index (χ3n) is 5.83. The minimum absolute atomic E-state index is 0.00253. The summed E-state index contributed by atoms with van der Waals surface area (Å²) in [7, 11) is 0. The summed E-state index contributed by atoms with van der Waals surface area (Å²) in [6.07, 6.45) is -1.58. The Balaban J connectivity index is 1.44. The quantitative estimate of drug-likeness (QED) is 0.480. The van der Waals surface area contributed by atoms with Crippen LogP contribution in [-0.4, -0.2) is 29.2 Å². The van der Waals surface area contributed by atoms with Gasteiger partial charge in [0, 0.05) is 24.4 Å². The lowest BCUT2D eigenvalue weighted by molar-refractivity contribution is -0.141. The van der Waals surface area contributed by atoms with Crippen LogP contribution >= 0.6 is 23.2 Å². The second-order valence-electron chi connectivity index (χ2n) is 8.14. The zero-order valence-corrected chi connectivity index (χ0v) is 18.6. The molecule has 170 valence electrons. The Hall–Kier alpha value is -2.25. The molecule has 1 amide bonds. The van der Waals surface area contributed by atoms with Crippen molar-refractivity contribution < 1.29 is 22.8 Å². The molecule has 1 saturated carbocycles. The van der Waals surface area contributed by atoms with Crippen molar-refractivity contribution >= 4 is 34.8 Å². The first-order valence-electron chi connectivity index (χ1n) is 10.3. The number of oxime groups is 1. The summed E-state index contributed by atoms with van der Waals surface area (Å²) in [5.74, 6) is -0.0379. The average Bonchev–Trinajstić information content (AvgIpc) is 3.16. The van der Waals surface area contributed by atoms with E-state index in [1.54, 1.807) is 23.1 Å². The molecule has 2 aliphatic rings. The number of benzene rings is 2. The molecule has 0 saturated heterocycles. The fourth-order valence-electron chi connectivity index (χ4n) is 3.78. The molecule has 1 heterocycles. The molecule has 0 aromatic heterocycles. The number of rotatable bonds is 6. The molecule has 32 heavy (non-hydrogen) atoms. The number of carbonyl (C=O) groups is 1. The van der Waals surface area contributed by atoms with E-state index in [0.29, 0.717) is 34.3 Å². The summed E-state index contributed by atoms with van der Waals surface area (Å²) in [4.78, 5) is 20.2. The Morgan fingerprint density at radius 2 is 1.81 bits per heavy atom. The molecule has 2 aromatic carbocycles. The summed E-state index contributed by atoms with van der Waals surface area (Å²) in [6, 6.07) is 10.1. The highest BCUT2D eigenvalue weighted by molar-refractivity contribution is 6.42. The normalized spacial score (nSPS) is 18.7. The average molecular weight is 485 g/mol. The molecule has 0 spiro atoms. The van der Waals surface area contributed by atoms with Crippen molar-refractivity contribution in [1.29, 1.82) is 0 Å². The van der Waals surface area contributed by atoms with E-state index < -0.39 is 11.7 Å². The molecule has 1 aliphatic heterocycles. The third kappa shape index (κ3) is 5.21. The van der Waals surface area contributed by atoms with E-state index >= 15 is 0 Å². The van der Waals surface area contributed by atoms with E-state index in [4.69, 9.17) is 28.0 Å².